The molecule has 0 saturated carbocycles. The quantitative estimate of drug-likeness (QED) is 0.147. The normalized spacial score (nSPS) is 14.8. The van der Waals surface area contributed by atoms with Crippen molar-refractivity contribution < 1.29 is 27.9 Å². The van der Waals surface area contributed by atoms with Gasteiger partial charge in [-0.15, -0.1) is 11.6 Å². The Hall–Kier alpha value is -4.07. The summed E-state index contributed by atoms with van der Waals surface area (Å²) >= 11 is 12.8. The van der Waals surface area contributed by atoms with Crippen LogP contribution in [0.3, 0.4) is 0 Å². The fourth-order valence-electron chi connectivity index (χ4n) is 5.16. The molecule has 0 aromatic heterocycles. The van der Waals surface area contributed by atoms with E-state index in [0.717, 1.165) is 36.5 Å². The fourth-order valence-corrected chi connectivity index (χ4v) is 7.45. The lowest BCUT2D eigenvalue weighted by Crippen LogP contribution is -2.41. The number of amides is 1. The second-order valence-corrected chi connectivity index (χ2v) is 16.2. The average Bonchev–Trinajstić information content (AvgIpc) is 3.16. The minimum atomic E-state index is -3.71. The Morgan fingerprint density at radius 1 is 0.736 bits per heavy atom. The second kappa shape index (κ2) is 21.6. The molecule has 11 heteroatoms. The van der Waals surface area contributed by atoms with Crippen LogP contribution in [-0.4, -0.2) is 48.6 Å². The number of para-hydroxylation sites is 2. The van der Waals surface area contributed by atoms with Gasteiger partial charge in [-0.3, -0.25) is 4.79 Å². The molecule has 0 spiro atoms. The molecule has 8 nitrogen and oxygen atoms in total. The molecule has 2 aliphatic rings. The van der Waals surface area contributed by atoms with Gasteiger partial charge in [0, 0.05) is 31.0 Å². The van der Waals surface area contributed by atoms with Crippen LogP contribution in [0, 0.1) is 0 Å². The van der Waals surface area contributed by atoms with Gasteiger partial charge in [-0.25, -0.2) is 9.36 Å². The highest BCUT2D eigenvalue weighted by Crippen LogP contribution is 2.62. The number of carbonyl (C=O) groups excluding carboxylic acids is 2. The van der Waals surface area contributed by atoms with Crippen LogP contribution in [0.2, 0.25) is 0 Å². The van der Waals surface area contributed by atoms with Gasteiger partial charge in [-0.05, 0) is 87.7 Å². The first-order chi connectivity index (χ1) is 24.9. The van der Waals surface area contributed by atoms with E-state index in [1.165, 1.54) is 5.57 Å². The smallest absolute Gasteiger partial charge is 0.444 e. The van der Waals surface area contributed by atoms with Gasteiger partial charge in [0.2, 0.25) is 0 Å². The van der Waals surface area contributed by atoms with Gasteiger partial charge in [-0.2, -0.15) is 0 Å². The van der Waals surface area contributed by atoms with Crippen LogP contribution in [0.4, 0.5) is 4.79 Å². The Kier molecular flexibility index (Phi) is 17.7. The van der Waals surface area contributed by atoms with E-state index in [-0.39, 0.29) is 19.3 Å². The van der Waals surface area contributed by atoms with E-state index in [4.69, 9.17) is 37.0 Å². The van der Waals surface area contributed by atoms with Gasteiger partial charge in [-0.1, -0.05) is 116 Å². The summed E-state index contributed by atoms with van der Waals surface area (Å²) in [5.41, 5.74) is 2.75. The molecule has 2 heterocycles. The largest absolute Gasteiger partial charge is 0.452 e. The molecule has 2 saturated heterocycles. The SMILES string of the molecule is C.CC(C)(C)OC(=O)N1CCC(=O)CC1.ClC(=C1CCNCC1)c1ccccc1.O=P(Oc1ccccc1)(Oc1ccccc1)C(Cl)c1ccccc1. The maximum absolute atomic E-state index is 13.5. The third kappa shape index (κ3) is 14.7. The number of rotatable bonds is 7. The van der Waals surface area contributed by atoms with Crippen molar-refractivity contribution in [1.82, 2.24) is 10.2 Å². The molecule has 4 aromatic rings. The van der Waals surface area contributed by atoms with Crippen LogP contribution >= 0.6 is 30.8 Å². The van der Waals surface area contributed by atoms with Gasteiger partial charge in [0.15, 0.2) is 5.12 Å². The third-order valence-corrected chi connectivity index (χ3v) is 11.1. The van der Waals surface area contributed by atoms with Crippen LogP contribution in [0.1, 0.15) is 70.1 Å². The molecule has 0 aliphatic carbocycles. The first-order valence-corrected chi connectivity index (χ1v) is 19.8. The van der Waals surface area contributed by atoms with Crippen molar-refractivity contribution in [1.29, 1.82) is 0 Å². The average molecular weight is 782 g/mol. The highest BCUT2D eigenvalue weighted by atomic mass is 35.5. The molecule has 6 rings (SSSR count). The number of ether oxygens (including phenoxy) is 1. The van der Waals surface area contributed by atoms with E-state index >= 15 is 0 Å². The third-order valence-electron chi connectivity index (χ3n) is 7.82. The molecular formula is C42H51Cl2N2O6P. The van der Waals surface area contributed by atoms with E-state index in [0.29, 0.717) is 43.0 Å². The number of likely N-dealkylation sites (tertiary alicyclic amines) is 1. The number of ketones is 1. The number of piperidine rings is 2. The number of hydrogen-bond acceptors (Lipinski definition) is 7. The van der Waals surface area contributed by atoms with Gasteiger partial charge < -0.3 is 24.0 Å². The molecule has 4 aromatic carbocycles. The van der Waals surface area contributed by atoms with Crippen molar-refractivity contribution in [2.24, 2.45) is 0 Å². The Labute approximate surface area is 325 Å². The summed E-state index contributed by atoms with van der Waals surface area (Å²) in [5, 5.41) is 3.35. The number of benzene rings is 4. The number of halogens is 2. The van der Waals surface area contributed by atoms with Gasteiger partial charge in [0.05, 0.1) is 0 Å². The minimum Gasteiger partial charge on any atom is -0.444 e. The van der Waals surface area contributed by atoms with E-state index in [2.05, 4.69) is 17.4 Å². The highest BCUT2D eigenvalue weighted by molar-refractivity contribution is 7.57. The molecular weight excluding hydrogens is 730 g/mol. The van der Waals surface area contributed by atoms with Crippen LogP contribution in [-0.2, 0) is 14.1 Å². The van der Waals surface area contributed by atoms with Gasteiger partial charge >= 0.3 is 13.7 Å². The van der Waals surface area contributed by atoms with Gasteiger partial charge in [0.1, 0.15) is 22.9 Å². The first-order valence-electron chi connectivity index (χ1n) is 17.3. The van der Waals surface area contributed by atoms with Crippen LogP contribution in [0.5, 0.6) is 11.5 Å². The molecule has 284 valence electrons. The standard InChI is InChI=1S/C19H16ClO3P.C12H14ClN.C10H17NO3.CH4/c20-19(16-10-4-1-5-11-16)24(21,22-17-12-6-2-7-13-17)23-18-14-8-3-9-15-18;13-12(10-4-2-1-3-5-10)11-6-8-14-9-7-11;1-10(2,3)14-9(13)11-6-4-8(12)5-7-11;/h1-15,19H;1-5,14H,6-9H2;4-7H2,1-3H3;1H4. The number of carbonyl (C=O) groups is 2. The summed E-state index contributed by atoms with van der Waals surface area (Å²) in [5.74, 6) is 1.11. The van der Waals surface area contributed by atoms with Crippen molar-refractivity contribution in [3.8, 4) is 11.5 Å². The molecule has 0 radical (unpaired) electrons. The Morgan fingerprint density at radius 2 is 1.17 bits per heavy atom. The minimum absolute atomic E-state index is 0. The summed E-state index contributed by atoms with van der Waals surface area (Å²) in [6, 6.07) is 37.1. The predicted octanol–water partition coefficient (Wildman–Crippen LogP) is 11.5. The topological polar surface area (TPSA) is 94.2 Å². The van der Waals surface area contributed by atoms with Crippen molar-refractivity contribution >= 4 is 47.7 Å². The summed E-state index contributed by atoms with van der Waals surface area (Å²) in [7, 11) is -3.71. The zero-order valence-corrected chi connectivity index (χ0v) is 32.3. The van der Waals surface area contributed by atoms with E-state index < -0.39 is 18.3 Å². The van der Waals surface area contributed by atoms with Crippen LogP contribution in [0.15, 0.2) is 127 Å². The molecule has 1 amide bonds. The van der Waals surface area contributed by atoms with Crippen molar-refractivity contribution in [3.05, 3.63) is 138 Å². The number of hydrogen-bond donors (Lipinski definition) is 1. The highest BCUT2D eigenvalue weighted by Gasteiger charge is 2.39. The Morgan fingerprint density at radius 3 is 1.62 bits per heavy atom. The van der Waals surface area contributed by atoms with Crippen molar-refractivity contribution in [3.63, 3.8) is 0 Å². The Balaban J connectivity index is 0.000000226. The zero-order chi connectivity index (χ0) is 37.4. The van der Waals surface area contributed by atoms with Gasteiger partial charge in [0.25, 0.3) is 0 Å². The van der Waals surface area contributed by atoms with Crippen LogP contribution in [0.25, 0.3) is 5.03 Å². The number of Topliss-reactive ketones (excluding diaryl/α,β-unsaturated/α-hetero) is 1. The number of alkyl halides is 1. The summed E-state index contributed by atoms with van der Waals surface area (Å²) in [6.07, 6.45) is 2.75. The van der Waals surface area contributed by atoms with E-state index in [1.54, 1.807) is 65.6 Å². The predicted molar refractivity (Wildman–Crippen MR) is 217 cm³/mol. The maximum Gasteiger partial charge on any atom is 0.452 e. The van der Waals surface area contributed by atoms with Crippen molar-refractivity contribution in [2.45, 2.75) is 64.6 Å². The molecule has 1 atom stereocenters. The number of nitrogens with one attached hydrogen (secondary N) is 1. The Bertz CT molecular complexity index is 1710. The molecule has 2 aliphatic heterocycles. The summed E-state index contributed by atoms with van der Waals surface area (Å²) < 4.78 is 30.1. The lowest BCUT2D eigenvalue weighted by molar-refractivity contribution is -0.121. The second-order valence-electron chi connectivity index (χ2n) is 13.1. The molecule has 0 bridgehead atoms. The van der Waals surface area contributed by atoms with E-state index in [9.17, 15) is 14.2 Å². The van der Waals surface area contributed by atoms with Crippen LogP contribution < -0.4 is 14.4 Å². The molecule has 2 fully saturated rings. The van der Waals surface area contributed by atoms with E-state index in [1.807, 2.05) is 69.3 Å². The molecule has 1 N–H and O–H groups in total. The number of nitrogens with zero attached hydrogens (tertiary/aromatic N) is 1. The summed E-state index contributed by atoms with van der Waals surface area (Å²) in [6.45, 7) is 8.60. The first kappa shape index (κ1) is 43.3. The molecule has 53 heavy (non-hydrogen) atoms. The lowest BCUT2D eigenvalue weighted by Gasteiger charge is -2.29. The van der Waals surface area contributed by atoms with Crippen molar-refractivity contribution in [2.75, 3.05) is 26.2 Å². The summed E-state index contributed by atoms with van der Waals surface area (Å²) in [4.78, 5) is 24.0. The maximum atomic E-state index is 13.5. The zero-order valence-electron chi connectivity index (χ0n) is 29.9. The lowest BCUT2D eigenvalue weighted by atomic mass is 10.0. The molecule has 1 unspecified atom stereocenters. The monoisotopic (exact) mass is 780 g/mol. The fraction of sp³-hybridized carbons (Fsp3) is 0.333.